The number of aryl methyl sites for hydroxylation is 1. The first-order valence-corrected chi connectivity index (χ1v) is 6.84. The highest BCUT2D eigenvalue weighted by Crippen LogP contribution is 2.15. The van der Waals surface area contributed by atoms with Gasteiger partial charge in [0.25, 0.3) is 5.56 Å². The zero-order chi connectivity index (χ0) is 14.5. The van der Waals surface area contributed by atoms with E-state index in [1.54, 1.807) is 6.92 Å². The number of amides is 1. The second kappa shape index (κ2) is 6.40. The van der Waals surface area contributed by atoms with Gasteiger partial charge < -0.3 is 15.0 Å². The molecule has 1 aliphatic rings. The maximum Gasteiger partial charge on any atom is 0.407 e. The van der Waals surface area contributed by atoms with Gasteiger partial charge in [0.1, 0.15) is 0 Å². The Balaban J connectivity index is 1.91. The van der Waals surface area contributed by atoms with Crippen molar-refractivity contribution >= 4 is 12.0 Å². The van der Waals surface area contributed by atoms with Gasteiger partial charge in [-0.2, -0.15) is 0 Å². The minimum atomic E-state index is -0.385. The van der Waals surface area contributed by atoms with E-state index in [0.29, 0.717) is 24.8 Å². The van der Waals surface area contributed by atoms with Crippen molar-refractivity contribution in [3.63, 3.8) is 0 Å². The minimum absolute atomic E-state index is 0.0187. The summed E-state index contributed by atoms with van der Waals surface area (Å²) in [5, 5.41) is 2.82. The van der Waals surface area contributed by atoms with Gasteiger partial charge in [-0.25, -0.2) is 9.78 Å². The summed E-state index contributed by atoms with van der Waals surface area (Å²) in [7, 11) is 0. The summed E-state index contributed by atoms with van der Waals surface area (Å²) in [4.78, 5) is 31.9. The Bertz CT molecular complexity index is 529. The van der Waals surface area contributed by atoms with Crippen LogP contribution in [0.25, 0.3) is 0 Å². The van der Waals surface area contributed by atoms with E-state index in [2.05, 4.69) is 15.3 Å². The Kier molecular flexibility index (Phi) is 4.60. The molecule has 0 saturated carbocycles. The molecule has 0 spiro atoms. The SMILES string of the molecule is CCCOC(=O)NC1CCN(c2nc(C)cc(=O)[nH]2)C1. The number of alkyl carbamates (subject to hydrolysis) is 1. The molecule has 0 bridgehead atoms. The lowest BCUT2D eigenvalue weighted by Crippen LogP contribution is -2.38. The van der Waals surface area contributed by atoms with Crippen LogP contribution in [0.15, 0.2) is 10.9 Å². The first-order valence-electron chi connectivity index (χ1n) is 6.84. The van der Waals surface area contributed by atoms with Crippen molar-refractivity contribution in [2.75, 3.05) is 24.6 Å². The number of hydrogen-bond donors (Lipinski definition) is 2. The number of rotatable bonds is 4. The van der Waals surface area contributed by atoms with Crippen molar-refractivity contribution in [3.05, 3.63) is 22.1 Å². The topological polar surface area (TPSA) is 87.3 Å². The number of aromatic nitrogens is 2. The standard InChI is InChI=1S/C13H20N4O3/c1-3-6-20-13(19)15-10-4-5-17(8-10)12-14-9(2)7-11(18)16-12/h7,10H,3-6,8H2,1-2H3,(H,15,19)(H,14,16,18). The molecule has 20 heavy (non-hydrogen) atoms. The summed E-state index contributed by atoms with van der Waals surface area (Å²) in [6, 6.07) is 1.47. The number of carbonyl (C=O) groups excluding carboxylic acids is 1. The Hall–Kier alpha value is -2.05. The number of nitrogens with zero attached hydrogens (tertiary/aromatic N) is 2. The molecular formula is C13H20N4O3. The van der Waals surface area contributed by atoms with Crippen molar-refractivity contribution in [3.8, 4) is 0 Å². The van der Waals surface area contributed by atoms with Gasteiger partial charge in [0.2, 0.25) is 5.95 Å². The van der Waals surface area contributed by atoms with Gasteiger partial charge in [0, 0.05) is 24.8 Å². The van der Waals surface area contributed by atoms with E-state index in [1.807, 2.05) is 11.8 Å². The molecule has 110 valence electrons. The van der Waals surface area contributed by atoms with Gasteiger partial charge in [-0.05, 0) is 19.8 Å². The molecule has 0 radical (unpaired) electrons. The summed E-state index contributed by atoms with van der Waals surface area (Å²) < 4.78 is 4.99. The van der Waals surface area contributed by atoms with Crippen LogP contribution < -0.4 is 15.8 Å². The molecule has 1 aromatic rings. The quantitative estimate of drug-likeness (QED) is 0.851. The highest BCUT2D eigenvalue weighted by molar-refractivity contribution is 5.67. The molecule has 2 rings (SSSR count). The zero-order valence-corrected chi connectivity index (χ0v) is 11.8. The van der Waals surface area contributed by atoms with Gasteiger partial charge >= 0.3 is 6.09 Å². The van der Waals surface area contributed by atoms with Crippen molar-refractivity contribution in [1.29, 1.82) is 0 Å². The fraction of sp³-hybridized carbons (Fsp3) is 0.615. The van der Waals surface area contributed by atoms with Crippen molar-refractivity contribution in [1.82, 2.24) is 15.3 Å². The highest BCUT2D eigenvalue weighted by Gasteiger charge is 2.25. The van der Waals surface area contributed by atoms with Gasteiger partial charge in [0.05, 0.1) is 12.6 Å². The van der Waals surface area contributed by atoms with E-state index in [1.165, 1.54) is 6.07 Å². The molecule has 1 unspecified atom stereocenters. The predicted molar refractivity (Wildman–Crippen MR) is 75.0 cm³/mol. The van der Waals surface area contributed by atoms with Crippen LogP contribution in [-0.2, 0) is 4.74 Å². The van der Waals surface area contributed by atoms with Crippen LogP contribution in [0.4, 0.5) is 10.7 Å². The average molecular weight is 280 g/mol. The Labute approximate surface area is 117 Å². The van der Waals surface area contributed by atoms with E-state index in [4.69, 9.17) is 4.74 Å². The molecule has 0 aromatic carbocycles. The van der Waals surface area contributed by atoms with E-state index < -0.39 is 0 Å². The maximum atomic E-state index is 11.5. The molecule has 0 aliphatic carbocycles. The van der Waals surface area contributed by atoms with Crippen LogP contribution in [0.3, 0.4) is 0 Å². The van der Waals surface area contributed by atoms with Crippen LogP contribution in [0.5, 0.6) is 0 Å². The van der Waals surface area contributed by atoms with Crippen LogP contribution in [0, 0.1) is 6.92 Å². The van der Waals surface area contributed by atoms with Crippen molar-refractivity contribution in [2.24, 2.45) is 0 Å². The molecule has 1 aromatic heterocycles. The van der Waals surface area contributed by atoms with E-state index in [9.17, 15) is 9.59 Å². The summed E-state index contributed by atoms with van der Waals surface area (Å²) in [5.41, 5.74) is 0.522. The van der Waals surface area contributed by atoms with Crippen LogP contribution in [0.2, 0.25) is 0 Å². The molecule has 7 nitrogen and oxygen atoms in total. The fourth-order valence-electron chi connectivity index (χ4n) is 2.19. The van der Waals surface area contributed by atoms with Crippen molar-refractivity contribution in [2.45, 2.75) is 32.7 Å². The summed E-state index contributed by atoms with van der Waals surface area (Å²) >= 11 is 0. The Morgan fingerprint density at radius 1 is 1.65 bits per heavy atom. The van der Waals surface area contributed by atoms with Gasteiger partial charge in [-0.1, -0.05) is 6.92 Å². The highest BCUT2D eigenvalue weighted by atomic mass is 16.5. The predicted octanol–water partition coefficient (Wildman–Crippen LogP) is 0.793. The number of hydrogen-bond acceptors (Lipinski definition) is 5. The molecule has 1 fully saturated rings. The third-order valence-electron chi connectivity index (χ3n) is 3.10. The molecule has 1 saturated heterocycles. The van der Waals surface area contributed by atoms with Gasteiger partial charge in [-0.3, -0.25) is 9.78 Å². The molecular weight excluding hydrogens is 260 g/mol. The molecule has 2 heterocycles. The Morgan fingerprint density at radius 2 is 2.45 bits per heavy atom. The smallest absolute Gasteiger partial charge is 0.407 e. The first-order chi connectivity index (χ1) is 9.58. The first kappa shape index (κ1) is 14.4. The monoisotopic (exact) mass is 280 g/mol. The Morgan fingerprint density at radius 3 is 3.15 bits per heavy atom. The number of nitrogens with one attached hydrogen (secondary N) is 2. The second-order valence-electron chi connectivity index (χ2n) is 4.92. The molecule has 1 atom stereocenters. The largest absolute Gasteiger partial charge is 0.450 e. The zero-order valence-electron chi connectivity index (χ0n) is 11.8. The fourth-order valence-corrected chi connectivity index (χ4v) is 2.19. The molecule has 2 N–H and O–H groups in total. The number of H-pyrrole nitrogens is 1. The van der Waals surface area contributed by atoms with E-state index >= 15 is 0 Å². The van der Waals surface area contributed by atoms with Crippen LogP contribution in [0.1, 0.15) is 25.5 Å². The summed E-state index contributed by atoms with van der Waals surface area (Å²) in [5.74, 6) is 0.557. The number of aromatic amines is 1. The minimum Gasteiger partial charge on any atom is -0.450 e. The number of carbonyl (C=O) groups is 1. The lowest BCUT2D eigenvalue weighted by atomic mass is 10.3. The third-order valence-corrected chi connectivity index (χ3v) is 3.10. The maximum absolute atomic E-state index is 11.5. The molecule has 1 amide bonds. The lowest BCUT2D eigenvalue weighted by molar-refractivity contribution is 0.143. The van der Waals surface area contributed by atoms with Gasteiger partial charge in [-0.15, -0.1) is 0 Å². The molecule has 1 aliphatic heterocycles. The van der Waals surface area contributed by atoms with E-state index in [0.717, 1.165) is 19.4 Å². The summed E-state index contributed by atoms with van der Waals surface area (Å²) in [6.07, 6.45) is 1.22. The molecule has 7 heteroatoms. The normalized spacial score (nSPS) is 18.1. The number of anilines is 1. The second-order valence-corrected chi connectivity index (χ2v) is 4.92. The summed E-state index contributed by atoms with van der Waals surface area (Å²) in [6.45, 7) is 5.52. The van der Waals surface area contributed by atoms with Crippen LogP contribution >= 0.6 is 0 Å². The lowest BCUT2D eigenvalue weighted by Gasteiger charge is -2.17. The van der Waals surface area contributed by atoms with E-state index in [-0.39, 0.29) is 17.7 Å². The average Bonchev–Trinajstić information content (AvgIpc) is 2.83. The van der Waals surface area contributed by atoms with Crippen molar-refractivity contribution < 1.29 is 9.53 Å². The number of ether oxygens (including phenoxy) is 1. The van der Waals surface area contributed by atoms with Crippen LogP contribution in [-0.4, -0.2) is 41.8 Å². The van der Waals surface area contributed by atoms with Gasteiger partial charge in [0.15, 0.2) is 0 Å². The third kappa shape index (κ3) is 3.72.